The van der Waals surface area contributed by atoms with Gasteiger partial charge < -0.3 is 14.0 Å². The van der Waals surface area contributed by atoms with Crippen molar-refractivity contribution in [2.75, 3.05) is 7.11 Å². The van der Waals surface area contributed by atoms with Gasteiger partial charge in [0.15, 0.2) is 0 Å². The summed E-state index contributed by atoms with van der Waals surface area (Å²) in [5.74, 6) is 0.932. The van der Waals surface area contributed by atoms with E-state index in [9.17, 15) is 9.65 Å². The summed E-state index contributed by atoms with van der Waals surface area (Å²) in [7, 11) is 1.66. The fraction of sp³-hybridized carbons (Fsp3) is 0.185. The second kappa shape index (κ2) is 8.53. The first-order valence-corrected chi connectivity index (χ1v) is 10.7. The number of aromatic nitrogens is 2. The second-order valence-electron chi connectivity index (χ2n) is 8.07. The van der Waals surface area contributed by atoms with Crippen LogP contribution < -0.4 is 4.74 Å². The van der Waals surface area contributed by atoms with Crippen LogP contribution in [0.3, 0.4) is 0 Å². The van der Waals surface area contributed by atoms with E-state index in [1.807, 2.05) is 24.3 Å². The number of nitrogens with zero attached hydrogens (tertiary/aromatic N) is 3. The number of allylic oxidation sites excluding steroid dienone is 1. The highest BCUT2D eigenvalue weighted by atomic mass is 19.1. The van der Waals surface area contributed by atoms with Crippen LogP contribution in [0.1, 0.15) is 35.0 Å². The van der Waals surface area contributed by atoms with Crippen LogP contribution in [-0.4, -0.2) is 16.7 Å². The van der Waals surface area contributed by atoms with E-state index in [0.717, 1.165) is 44.7 Å². The molecule has 2 heterocycles. The average Bonchev–Trinajstić information content (AvgIpc) is 3.07. The molecular weight excluding hydrogens is 417 g/mol. The van der Waals surface area contributed by atoms with Crippen molar-refractivity contribution >= 4 is 16.6 Å². The third kappa shape index (κ3) is 3.77. The van der Waals surface area contributed by atoms with Gasteiger partial charge in [-0.15, -0.1) is 0 Å². The predicted molar refractivity (Wildman–Crippen MR) is 124 cm³/mol. The van der Waals surface area contributed by atoms with Gasteiger partial charge >= 0.3 is 0 Å². The molecule has 0 N–H and O–H groups in total. The number of nitriles is 1. The molecule has 1 aliphatic heterocycles. The van der Waals surface area contributed by atoms with E-state index in [1.54, 1.807) is 20.1 Å². The topological polar surface area (TPSA) is 60.1 Å². The first-order chi connectivity index (χ1) is 16.1. The van der Waals surface area contributed by atoms with Crippen LogP contribution in [0.15, 0.2) is 66.2 Å². The van der Waals surface area contributed by atoms with Crippen molar-refractivity contribution < 1.29 is 13.9 Å². The molecule has 6 heteroatoms. The lowest BCUT2D eigenvalue weighted by atomic mass is 9.90. The maximum atomic E-state index is 13.9. The minimum Gasteiger partial charge on any atom is -0.488 e. The van der Waals surface area contributed by atoms with Gasteiger partial charge in [-0.1, -0.05) is 24.3 Å². The van der Waals surface area contributed by atoms with E-state index in [-0.39, 0.29) is 12.4 Å². The number of hydrogen-bond donors (Lipinski definition) is 0. The fourth-order valence-corrected chi connectivity index (χ4v) is 4.42. The summed E-state index contributed by atoms with van der Waals surface area (Å²) in [6.07, 6.45) is 0. The number of para-hydroxylation sites is 2. The molecule has 164 valence electrons. The summed E-state index contributed by atoms with van der Waals surface area (Å²) in [5, 5.41) is 9.65. The van der Waals surface area contributed by atoms with Crippen molar-refractivity contribution in [3.05, 3.63) is 100 Å². The van der Waals surface area contributed by atoms with Crippen LogP contribution in [0, 0.1) is 17.1 Å². The first kappa shape index (κ1) is 20.9. The van der Waals surface area contributed by atoms with Crippen LogP contribution in [0.5, 0.6) is 5.75 Å². The van der Waals surface area contributed by atoms with Gasteiger partial charge in [0.2, 0.25) is 0 Å². The molecule has 0 unspecified atom stereocenters. The van der Waals surface area contributed by atoms with E-state index >= 15 is 0 Å². The summed E-state index contributed by atoms with van der Waals surface area (Å²) in [6, 6.07) is 20.9. The minimum atomic E-state index is -0.369. The zero-order valence-electron chi connectivity index (χ0n) is 18.4. The molecule has 0 fully saturated rings. The van der Waals surface area contributed by atoms with Gasteiger partial charge in [-0.25, -0.2) is 9.37 Å². The third-order valence-corrected chi connectivity index (χ3v) is 5.93. The van der Waals surface area contributed by atoms with Crippen molar-refractivity contribution in [3.8, 4) is 11.8 Å². The smallest absolute Gasteiger partial charge is 0.136 e. The van der Waals surface area contributed by atoms with Crippen LogP contribution in [0.2, 0.25) is 0 Å². The Morgan fingerprint density at radius 2 is 1.97 bits per heavy atom. The highest BCUT2D eigenvalue weighted by Crippen LogP contribution is 2.39. The molecule has 1 aliphatic rings. The molecule has 0 radical (unpaired) electrons. The second-order valence-corrected chi connectivity index (χ2v) is 8.07. The summed E-state index contributed by atoms with van der Waals surface area (Å²) < 4.78 is 27.4. The Kier molecular flexibility index (Phi) is 5.41. The van der Waals surface area contributed by atoms with E-state index < -0.39 is 0 Å². The molecule has 0 saturated heterocycles. The first-order valence-electron chi connectivity index (χ1n) is 10.7. The van der Waals surface area contributed by atoms with Crippen molar-refractivity contribution in [3.63, 3.8) is 0 Å². The molecule has 0 saturated carbocycles. The van der Waals surface area contributed by atoms with E-state index in [0.29, 0.717) is 24.5 Å². The maximum absolute atomic E-state index is 13.9. The summed E-state index contributed by atoms with van der Waals surface area (Å²) >= 11 is 0. The highest BCUT2D eigenvalue weighted by Gasteiger charge is 2.22. The largest absolute Gasteiger partial charge is 0.488 e. The van der Waals surface area contributed by atoms with Gasteiger partial charge in [0.05, 0.1) is 17.1 Å². The summed E-state index contributed by atoms with van der Waals surface area (Å²) in [5.41, 5.74) is 6.98. The number of ether oxygens (including phenoxy) is 2. The molecule has 0 amide bonds. The van der Waals surface area contributed by atoms with Gasteiger partial charge in [0.1, 0.15) is 30.6 Å². The minimum absolute atomic E-state index is 0.289. The molecule has 5 nitrogen and oxygen atoms in total. The number of rotatable bonds is 4. The molecule has 0 spiro atoms. The normalized spacial score (nSPS) is 14.1. The molecule has 0 atom stereocenters. The lowest BCUT2D eigenvalue weighted by Crippen LogP contribution is -2.07. The number of methoxy groups -OCH3 is 1. The lowest BCUT2D eigenvalue weighted by Gasteiger charge is -2.14. The van der Waals surface area contributed by atoms with Crippen molar-refractivity contribution in [2.45, 2.75) is 26.7 Å². The Morgan fingerprint density at radius 3 is 2.79 bits per heavy atom. The van der Waals surface area contributed by atoms with Crippen molar-refractivity contribution in [2.24, 2.45) is 0 Å². The SMILES string of the molecule is COCc1nc2ccccc2n1Cc1ccc2c(c1)COc1cc(F)ccc1C2=C(C)C#N. The van der Waals surface area contributed by atoms with Crippen LogP contribution >= 0.6 is 0 Å². The lowest BCUT2D eigenvalue weighted by molar-refractivity contribution is 0.175. The van der Waals surface area contributed by atoms with Gasteiger partial charge in [0.25, 0.3) is 0 Å². The van der Waals surface area contributed by atoms with E-state index in [1.165, 1.54) is 12.1 Å². The highest BCUT2D eigenvalue weighted by molar-refractivity contribution is 5.88. The molecule has 0 bridgehead atoms. The van der Waals surface area contributed by atoms with Gasteiger partial charge in [0, 0.05) is 36.4 Å². The quantitative estimate of drug-likeness (QED) is 0.388. The molecule has 4 aromatic rings. The zero-order valence-corrected chi connectivity index (χ0v) is 18.4. The summed E-state index contributed by atoms with van der Waals surface area (Å²) in [4.78, 5) is 4.72. The van der Waals surface area contributed by atoms with Crippen LogP contribution in [0.25, 0.3) is 16.6 Å². The number of halogens is 1. The Hall–Kier alpha value is -3.95. The van der Waals surface area contributed by atoms with Gasteiger partial charge in [-0.3, -0.25) is 0 Å². The molecular formula is C27H22FN3O2. The average molecular weight is 439 g/mol. The Balaban J connectivity index is 1.60. The van der Waals surface area contributed by atoms with E-state index in [2.05, 4.69) is 28.8 Å². The van der Waals surface area contributed by atoms with Gasteiger partial charge in [-0.2, -0.15) is 5.26 Å². The predicted octanol–water partition coefficient (Wildman–Crippen LogP) is 5.61. The Labute approximate surface area is 191 Å². The number of imidazole rings is 1. The van der Waals surface area contributed by atoms with E-state index in [4.69, 9.17) is 14.5 Å². The Bertz CT molecular complexity index is 1450. The summed E-state index contributed by atoms with van der Waals surface area (Å²) in [6.45, 7) is 3.10. The molecule has 1 aromatic heterocycles. The van der Waals surface area contributed by atoms with Crippen LogP contribution in [0.4, 0.5) is 4.39 Å². The standard InChI is InChI=1S/C27H22FN3O2/c1-17(13-29)27-21-9-7-18(11-19(21)15-33-25-12-20(28)8-10-22(25)27)14-31-24-6-4-3-5-23(24)30-26(31)16-32-2/h3-12H,14-16H2,1-2H3. The van der Waals surface area contributed by atoms with Crippen molar-refractivity contribution in [1.29, 1.82) is 5.26 Å². The zero-order chi connectivity index (χ0) is 22.9. The molecule has 5 rings (SSSR count). The monoisotopic (exact) mass is 439 g/mol. The molecule has 3 aromatic carbocycles. The fourth-order valence-electron chi connectivity index (χ4n) is 4.42. The molecule has 0 aliphatic carbocycles. The molecule has 33 heavy (non-hydrogen) atoms. The van der Waals surface area contributed by atoms with Crippen molar-refractivity contribution in [1.82, 2.24) is 9.55 Å². The number of benzene rings is 3. The van der Waals surface area contributed by atoms with Gasteiger partial charge in [-0.05, 0) is 53.9 Å². The number of hydrogen-bond acceptors (Lipinski definition) is 4. The Morgan fingerprint density at radius 1 is 1.15 bits per heavy atom. The van der Waals surface area contributed by atoms with Crippen LogP contribution in [-0.2, 0) is 24.5 Å². The third-order valence-electron chi connectivity index (χ3n) is 5.93. The number of fused-ring (bicyclic) bond motifs is 3. The maximum Gasteiger partial charge on any atom is 0.136 e.